The first-order valence-electron chi connectivity index (χ1n) is 9.03. The van der Waals surface area contributed by atoms with Crippen molar-refractivity contribution in [1.29, 1.82) is 0 Å². The average Bonchev–Trinajstić information content (AvgIpc) is 2.52. The van der Waals surface area contributed by atoms with Crippen molar-refractivity contribution in [2.24, 2.45) is 0 Å². The quantitative estimate of drug-likeness (QED) is 0.762. The zero-order chi connectivity index (χ0) is 18.9. The number of hydrogen-bond donors (Lipinski definition) is 0. The lowest BCUT2D eigenvalue weighted by atomic mass is 9.81. The van der Waals surface area contributed by atoms with Gasteiger partial charge in [0.25, 0.3) is 0 Å². The number of hydrogen-bond acceptors (Lipinski definition) is 2. The molecule has 142 valence electrons. The van der Waals surface area contributed by atoms with Crippen molar-refractivity contribution in [2.75, 3.05) is 27.2 Å². The molecule has 1 aliphatic heterocycles. The summed E-state index contributed by atoms with van der Waals surface area (Å²) in [6.07, 6.45) is -0.527. The number of alkyl halides is 3. The Balaban J connectivity index is 2.15. The molecule has 2 rings (SSSR count). The molecule has 0 aliphatic carbocycles. The maximum absolute atomic E-state index is 12.9. The largest absolute Gasteiger partial charge is 0.416 e. The third kappa shape index (κ3) is 4.98. The summed E-state index contributed by atoms with van der Waals surface area (Å²) in [4.78, 5) is 4.78. The zero-order valence-corrected chi connectivity index (χ0v) is 16.1. The van der Waals surface area contributed by atoms with Crippen molar-refractivity contribution in [1.82, 2.24) is 9.80 Å². The number of benzene rings is 1. The van der Waals surface area contributed by atoms with Crippen molar-refractivity contribution >= 4 is 0 Å². The normalized spacial score (nSPS) is 23.2. The Kier molecular flexibility index (Phi) is 5.89. The fourth-order valence-electron chi connectivity index (χ4n) is 3.76. The van der Waals surface area contributed by atoms with Crippen molar-refractivity contribution in [3.63, 3.8) is 0 Å². The molecule has 5 heteroatoms. The van der Waals surface area contributed by atoms with Gasteiger partial charge >= 0.3 is 6.18 Å². The van der Waals surface area contributed by atoms with Crippen molar-refractivity contribution < 1.29 is 13.2 Å². The van der Waals surface area contributed by atoms with Crippen molar-refractivity contribution in [3.05, 3.63) is 35.4 Å². The lowest BCUT2D eigenvalue weighted by Gasteiger charge is -2.51. The molecule has 2 nitrogen and oxygen atoms in total. The SMILES string of the molecule is CN(C)[C@]1(CCc2cccc(C(F)(F)F)c2)CCCN(C(C)(C)C)C1. The van der Waals surface area contributed by atoms with Crippen LogP contribution < -0.4 is 0 Å². The number of rotatable bonds is 4. The molecule has 0 unspecified atom stereocenters. The molecular weight excluding hydrogens is 325 g/mol. The number of nitrogens with zero attached hydrogens (tertiary/aromatic N) is 2. The lowest BCUT2D eigenvalue weighted by molar-refractivity contribution is -0.137. The second kappa shape index (κ2) is 7.28. The fourth-order valence-corrected chi connectivity index (χ4v) is 3.76. The Labute approximate surface area is 150 Å². The van der Waals surface area contributed by atoms with E-state index >= 15 is 0 Å². The lowest BCUT2D eigenvalue weighted by Crippen LogP contribution is -2.60. The summed E-state index contributed by atoms with van der Waals surface area (Å²) in [5.74, 6) is 0. The summed E-state index contributed by atoms with van der Waals surface area (Å²) in [6.45, 7) is 8.73. The molecule has 1 atom stereocenters. The van der Waals surface area contributed by atoms with E-state index in [9.17, 15) is 13.2 Å². The Morgan fingerprint density at radius 3 is 2.40 bits per heavy atom. The summed E-state index contributed by atoms with van der Waals surface area (Å²) >= 11 is 0. The number of halogens is 3. The van der Waals surface area contributed by atoms with Crippen LogP contribution in [-0.2, 0) is 12.6 Å². The van der Waals surface area contributed by atoms with Gasteiger partial charge in [0, 0.05) is 17.6 Å². The summed E-state index contributed by atoms with van der Waals surface area (Å²) in [7, 11) is 4.19. The first-order chi connectivity index (χ1) is 11.4. The molecule has 1 heterocycles. The molecule has 1 aromatic carbocycles. The molecule has 0 amide bonds. The molecule has 0 radical (unpaired) electrons. The number of piperidine rings is 1. The molecule has 0 saturated carbocycles. The first-order valence-corrected chi connectivity index (χ1v) is 9.03. The third-order valence-corrected chi connectivity index (χ3v) is 5.59. The topological polar surface area (TPSA) is 6.48 Å². The van der Waals surface area contributed by atoms with Crippen LogP contribution in [0, 0.1) is 0 Å². The molecule has 1 fully saturated rings. The second-order valence-corrected chi connectivity index (χ2v) is 8.51. The van der Waals surface area contributed by atoms with Crippen LogP contribution in [0.4, 0.5) is 13.2 Å². The minimum absolute atomic E-state index is 0.0137. The fraction of sp³-hybridized carbons (Fsp3) is 0.700. The van der Waals surface area contributed by atoms with E-state index in [-0.39, 0.29) is 11.1 Å². The number of aryl methyl sites for hydroxylation is 1. The molecule has 0 spiro atoms. The third-order valence-electron chi connectivity index (χ3n) is 5.59. The first kappa shape index (κ1) is 20.2. The molecule has 1 aliphatic rings. The van der Waals surface area contributed by atoms with E-state index in [0.717, 1.165) is 44.0 Å². The van der Waals surface area contributed by atoms with Crippen LogP contribution in [-0.4, -0.2) is 48.1 Å². The second-order valence-electron chi connectivity index (χ2n) is 8.51. The highest BCUT2D eigenvalue weighted by Gasteiger charge is 2.40. The van der Waals surface area contributed by atoms with Gasteiger partial charge in [-0.15, -0.1) is 0 Å². The minimum atomic E-state index is -4.27. The van der Waals surface area contributed by atoms with Gasteiger partial charge in [-0.2, -0.15) is 13.2 Å². The highest BCUT2D eigenvalue weighted by Crippen LogP contribution is 2.34. The Morgan fingerprint density at radius 1 is 1.16 bits per heavy atom. The van der Waals surface area contributed by atoms with E-state index in [1.54, 1.807) is 0 Å². The molecule has 1 aromatic rings. The predicted octanol–water partition coefficient (Wildman–Crippen LogP) is 4.83. The molecule has 25 heavy (non-hydrogen) atoms. The zero-order valence-electron chi connectivity index (χ0n) is 16.1. The minimum Gasteiger partial charge on any atom is -0.302 e. The van der Waals surface area contributed by atoms with Crippen LogP contribution in [0.1, 0.15) is 51.2 Å². The van der Waals surface area contributed by atoms with Crippen molar-refractivity contribution in [3.8, 4) is 0 Å². The number of likely N-dealkylation sites (N-methyl/N-ethyl adjacent to an activating group) is 1. The van der Waals surface area contributed by atoms with Gasteiger partial charge in [-0.25, -0.2) is 0 Å². The summed E-state index contributed by atoms with van der Waals surface area (Å²) in [5, 5.41) is 0. The van der Waals surface area contributed by atoms with E-state index in [1.165, 1.54) is 12.1 Å². The van der Waals surface area contributed by atoms with Crippen molar-refractivity contribution in [2.45, 2.75) is 63.7 Å². The molecule has 0 N–H and O–H groups in total. The van der Waals surface area contributed by atoms with Crippen LogP contribution in [0.3, 0.4) is 0 Å². The smallest absolute Gasteiger partial charge is 0.302 e. The Bertz CT molecular complexity index is 575. The molecule has 1 saturated heterocycles. The van der Waals surface area contributed by atoms with Gasteiger partial charge in [0.1, 0.15) is 0 Å². The van der Waals surface area contributed by atoms with Gasteiger partial charge in [-0.1, -0.05) is 18.2 Å². The van der Waals surface area contributed by atoms with E-state index in [2.05, 4.69) is 44.7 Å². The Morgan fingerprint density at radius 2 is 1.84 bits per heavy atom. The highest BCUT2D eigenvalue weighted by molar-refractivity contribution is 5.26. The predicted molar refractivity (Wildman–Crippen MR) is 96.7 cm³/mol. The van der Waals surface area contributed by atoms with Crippen LogP contribution in [0.15, 0.2) is 24.3 Å². The summed E-state index contributed by atoms with van der Waals surface area (Å²) in [5.41, 5.74) is 0.338. The van der Waals surface area contributed by atoms with E-state index in [4.69, 9.17) is 0 Å². The van der Waals surface area contributed by atoms with Crippen LogP contribution >= 0.6 is 0 Å². The molecular formula is C20H31F3N2. The van der Waals surface area contributed by atoms with E-state index in [1.807, 2.05) is 6.07 Å². The van der Waals surface area contributed by atoms with Crippen LogP contribution in [0.5, 0.6) is 0 Å². The van der Waals surface area contributed by atoms with Crippen LogP contribution in [0.25, 0.3) is 0 Å². The van der Waals surface area contributed by atoms with E-state index in [0.29, 0.717) is 6.42 Å². The summed E-state index contributed by atoms with van der Waals surface area (Å²) < 4.78 is 38.8. The molecule has 0 aromatic heterocycles. The maximum Gasteiger partial charge on any atom is 0.416 e. The van der Waals surface area contributed by atoms with Gasteiger partial charge < -0.3 is 4.90 Å². The van der Waals surface area contributed by atoms with Gasteiger partial charge in [0.05, 0.1) is 5.56 Å². The van der Waals surface area contributed by atoms with E-state index < -0.39 is 11.7 Å². The average molecular weight is 356 g/mol. The molecule has 0 bridgehead atoms. The van der Waals surface area contributed by atoms with Gasteiger partial charge in [0.2, 0.25) is 0 Å². The van der Waals surface area contributed by atoms with Gasteiger partial charge in [0.15, 0.2) is 0 Å². The van der Waals surface area contributed by atoms with Gasteiger partial charge in [-0.3, -0.25) is 4.90 Å². The standard InChI is InChI=1S/C20H31F3N2/c1-18(2,3)25-13-7-11-19(15-25,24(4)5)12-10-16-8-6-9-17(14-16)20(21,22)23/h6,8-9,14H,7,10-13,15H2,1-5H3/t19-/m0/s1. The number of likely N-dealkylation sites (tertiary alicyclic amines) is 1. The highest BCUT2D eigenvalue weighted by atomic mass is 19.4. The van der Waals surface area contributed by atoms with Crippen LogP contribution in [0.2, 0.25) is 0 Å². The summed E-state index contributed by atoms with van der Waals surface area (Å²) in [6, 6.07) is 5.77. The van der Waals surface area contributed by atoms with Gasteiger partial charge in [-0.05, 0) is 78.7 Å². The maximum atomic E-state index is 12.9. The monoisotopic (exact) mass is 356 g/mol. The Hall–Kier alpha value is -1.07.